The topological polar surface area (TPSA) is 74.4 Å². The van der Waals surface area contributed by atoms with E-state index in [2.05, 4.69) is 10.3 Å². The largest absolute Gasteiger partial charge is 0.497 e. The molecular formula is C16H17N3O3. The number of benzene rings is 1. The number of rotatable bonds is 1. The number of aromatic nitrogens is 1. The van der Waals surface area contributed by atoms with Crippen molar-refractivity contribution in [2.24, 2.45) is 0 Å². The number of methoxy groups -OCH3 is 1. The van der Waals surface area contributed by atoms with Crippen LogP contribution in [-0.4, -0.2) is 41.9 Å². The molecule has 0 unspecified atom stereocenters. The van der Waals surface area contributed by atoms with E-state index in [0.29, 0.717) is 6.54 Å². The summed E-state index contributed by atoms with van der Waals surface area (Å²) in [4.78, 5) is 29.7. The minimum Gasteiger partial charge on any atom is -0.497 e. The van der Waals surface area contributed by atoms with Crippen molar-refractivity contribution in [3.8, 4) is 5.75 Å². The minimum atomic E-state index is -0.963. The Kier molecular flexibility index (Phi) is 2.55. The summed E-state index contributed by atoms with van der Waals surface area (Å²) in [5.41, 5.74) is 1.90. The Bertz CT molecular complexity index is 810. The molecule has 2 aromatic rings. The van der Waals surface area contributed by atoms with Gasteiger partial charge in [0.25, 0.3) is 5.91 Å². The first-order valence-corrected chi connectivity index (χ1v) is 7.33. The number of nitrogens with zero attached hydrogens (tertiary/aromatic N) is 1. The Hall–Kier alpha value is -2.50. The minimum absolute atomic E-state index is 0.0380. The predicted octanol–water partition coefficient (Wildman–Crippen LogP) is 0.906. The molecule has 4 rings (SSSR count). The zero-order valence-corrected chi connectivity index (χ0v) is 12.5. The van der Waals surface area contributed by atoms with Crippen molar-refractivity contribution >= 4 is 22.7 Å². The lowest BCUT2D eigenvalue weighted by atomic mass is 9.84. The molecule has 0 spiro atoms. The molecule has 2 aliphatic heterocycles. The van der Waals surface area contributed by atoms with Gasteiger partial charge in [0, 0.05) is 17.4 Å². The Morgan fingerprint density at radius 3 is 2.91 bits per heavy atom. The first-order chi connectivity index (χ1) is 10.6. The second kappa shape index (κ2) is 4.25. The fourth-order valence-corrected chi connectivity index (χ4v) is 3.64. The molecule has 0 saturated carbocycles. The highest BCUT2D eigenvalue weighted by Gasteiger charge is 2.51. The standard InChI is InChI=1S/C16H17N3O3/c1-16-14-10(5-6-19(16)13(20)8-17-15(16)21)11-7-9(22-2)3-4-12(11)18-14/h3-4,7,18H,5-6,8H2,1-2H3,(H,17,21)/t16-/m0/s1. The summed E-state index contributed by atoms with van der Waals surface area (Å²) in [6, 6.07) is 5.81. The molecule has 0 aliphatic carbocycles. The number of aromatic amines is 1. The molecule has 3 heterocycles. The van der Waals surface area contributed by atoms with Gasteiger partial charge in [0.1, 0.15) is 5.75 Å². The van der Waals surface area contributed by atoms with Crippen molar-refractivity contribution < 1.29 is 14.3 Å². The van der Waals surface area contributed by atoms with Gasteiger partial charge in [-0.25, -0.2) is 0 Å². The fourth-order valence-electron chi connectivity index (χ4n) is 3.64. The maximum atomic E-state index is 12.5. The Morgan fingerprint density at radius 2 is 2.14 bits per heavy atom. The van der Waals surface area contributed by atoms with Gasteiger partial charge in [0.05, 0.1) is 19.3 Å². The van der Waals surface area contributed by atoms with Crippen LogP contribution in [0.1, 0.15) is 18.2 Å². The van der Waals surface area contributed by atoms with Crippen LogP contribution in [0, 0.1) is 0 Å². The monoisotopic (exact) mass is 299 g/mol. The first-order valence-electron chi connectivity index (χ1n) is 7.33. The van der Waals surface area contributed by atoms with E-state index >= 15 is 0 Å². The van der Waals surface area contributed by atoms with Crippen LogP contribution in [0.3, 0.4) is 0 Å². The summed E-state index contributed by atoms with van der Waals surface area (Å²) in [6.45, 7) is 2.45. The van der Waals surface area contributed by atoms with Crippen LogP contribution in [0.25, 0.3) is 10.9 Å². The summed E-state index contributed by atoms with van der Waals surface area (Å²) in [5.74, 6) is 0.613. The molecule has 1 aromatic heterocycles. The maximum Gasteiger partial charge on any atom is 0.252 e. The molecule has 114 valence electrons. The van der Waals surface area contributed by atoms with Gasteiger partial charge in [0.2, 0.25) is 5.91 Å². The third-order valence-corrected chi connectivity index (χ3v) is 4.87. The second-order valence-electron chi connectivity index (χ2n) is 5.94. The van der Waals surface area contributed by atoms with Crippen LogP contribution < -0.4 is 10.1 Å². The predicted molar refractivity (Wildman–Crippen MR) is 80.6 cm³/mol. The van der Waals surface area contributed by atoms with E-state index in [-0.39, 0.29) is 18.4 Å². The van der Waals surface area contributed by atoms with E-state index in [9.17, 15) is 9.59 Å². The summed E-state index contributed by atoms with van der Waals surface area (Å²) in [5, 5.41) is 3.76. The lowest BCUT2D eigenvalue weighted by Gasteiger charge is -2.46. The molecule has 0 bridgehead atoms. The van der Waals surface area contributed by atoms with E-state index in [0.717, 1.165) is 34.3 Å². The third-order valence-electron chi connectivity index (χ3n) is 4.87. The highest BCUT2D eigenvalue weighted by atomic mass is 16.5. The molecule has 22 heavy (non-hydrogen) atoms. The van der Waals surface area contributed by atoms with Crippen molar-refractivity contribution in [2.75, 3.05) is 20.2 Å². The van der Waals surface area contributed by atoms with Crippen molar-refractivity contribution in [3.05, 3.63) is 29.5 Å². The number of amides is 2. The smallest absolute Gasteiger partial charge is 0.252 e. The Morgan fingerprint density at radius 1 is 1.32 bits per heavy atom. The van der Waals surface area contributed by atoms with Crippen LogP contribution in [0.5, 0.6) is 5.75 Å². The van der Waals surface area contributed by atoms with Crippen molar-refractivity contribution in [1.82, 2.24) is 15.2 Å². The van der Waals surface area contributed by atoms with Crippen LogP contribution in [-0.2, 0) is 21.5 Å². The van der Waals surface area contributed by atoms with Crippen molar-refractivity contribution in [3.63, 3.8) is 0 Å². The van der Waals surface area contributed by atoms with Gasteiger partial charge in [-0.1, -0.05) is 0 Å². The number of nitrogens with one attached hydrogen (secondary N) is 2. The van der Waals surface area contributed by atoms with Gasteiger partial charge in [-0.3, -0.25) is 9.59 Å². The normalized spacial score (nSPS) is 24.0. The Balaban J connectivity index is 1.97. The zero-order chi connectivity index (χ0) is 15.5. The molecular weight excluding hydrogens is 282 g/mol. The summed E-state index contributed by atoms with van der Waals surface area (Å²) < 4.78 is 5.29. The van der Waals surface area contributed by atoms with E-state index in [4.69, 9.17) is 4.74 Å². The summed E-state index contributed by atoms with van der Waals surface area (Å²) in [6.07, 6.45) is 0.733. The first kappa shape index (κ1) is 13.2. The van der Waals surface area contributed by atoms with Crippen LogP contribution in [0.2, 0.25) is 0 Å². The van der Waals surface area contributed by atoms with E-state index in [1.807, 2.05) is 25.1 Å². The lowest BCUT2D eigenvalue weighted by Crippen LogP contribution is -2.65. The lowest BCUT2D eigenvalue weighted by molar-refractivity contribution is -0.154. The van der Waals surface area contributed by atoms with E-state index in [1.165, 1.54) is 0 Å². The highest BCUT2D eigenvalue weighted by Crippen LogP contribution is 2.40. The molecule has 1 saturated heterocycles. The highest BCUT2D eigenvalue weighted by molar-refractivity contribution is 6.00. The molecule has 1 atom stereocenters. The number of fused-ring (bicyclic) bond motifs is 5. The van der Waals surface area contributed by atoms with Gasteiger partial charge >= 0.3 is 0 Å². The van der Waals surface area contributed by atoms with Crippen molar-refractivity contribution in [1.29, 1.82) is 0 Å². The van der Waals surface area contributed by atoms with Gasteiger partial charge in [0.15, 0.2) is 5.54 Å². The molecule has 1 aromatic carbocycles. The molecule has 6 nitrogen and oxygen atoms in total. The molecule has 6 heteroatoms. The maximum absolute atomic E-state index is 12.5. The number of carbonyl (C=O) groups is 2. The van der Waals surface area contributed by atoms with Crippen molar-refractivity contribution in [2.45, 2.75) is 18.9 Å². The SMILES string of the molecule is COc1ccc2[nH]c3c(c2c1)CCN1C(=O)CNC(=O)[C@]31C. The molecule has 2 N–H and O–H groups in total. The van der Waals surface area contributed by atoms with E-state index in [1.54, 1.807) is 12.0 Å². The average Bonchev–Trinajstić information content (AvgIpc) is 2.90. The fraction of sp³-hybridized carbons (Fsp3) is 0.375. The van der Waals surface area contributed by atoms with Gasteiger partial charge < -0.3 is 19.9 Å². The average molecular weight is 299 g/mol. The quantitative estimate of drug-likeness (QED) is 0.822. The summed E-state index contributed by atoms with van der Waals surface area (Å²) >= 11 is 0. The molecule has 0 radical (unpaired) electrons. The summed E-state index contributed by atoms with van der Waals surface area (Å²) in [7, 11) is 1.64. The number of hydrogen-bond acceptors (Lipinski definition) is 3. The number of H-pyrrole nitrogens is 1. The third kappa shape index (κ3) is 1.49. The van der Waals surface area contributed by atoms with Gasteiger partial charge in [-0.15, -0.1) is 0 Å². The van der Waals surface area contributed by atoms with Crippen LogP contribution in [0.4, 0.5) is 0 Å². The second-order valence-corrected chi connectivity index (χ2v) is 5.94. The number of hydrogen-bond donors (Lipinski definition) is 2. The molecule has 2 amide bonds. The van der Waals surface area contributed by atoms with Crippen LogP contribution >= 0.6 is 0 Å². The number of carbonyl (C=O) groups excluding carboxylic acids is 2. The molecule has 2 aliphatic rings. The number of ether oxygens (including phenoxy) is 1. The number of piperazine rings is 1. The van der Waals surface area contributed by atoms with Gasteiger partial charge in [-0.05, 0) is 37.1 Å². The Labute approximate surface area is 127 Å². The molecule has 1 fully saturated rings. The van der Waals surface area contributed by atoms with Crippen LogP contribution in [0.15, 0.2) is 18.2 Å². The van der Waals surface area contributed by atoms with E-state index < -0.39 is 5.54 Å². The zero-order valence-electron chi connectivity index (χ0n) is 12.5. The van der Waals surface area contributed by atoms with Gasteiger partial charge in [-0.2, -0.15) is 0 Å².